The summed E-state index contributed by atoms with van der Waals surface area (Å²) in [6, 6.07) is 2.52. The van der Waals surface area contributed by atoms with Gasteiger partial charge in [-0.1, -0.05) is 97.8 Å². The van der Waals surface area contributed by atoms with Crippen LogP contribution in [0, 0.1) is 22.7 Å². The van der Waals surface area contributed by atoms with Crippen LogP contribution in [0.2, 0.25) is 0 Å². The number of piperidine rings is 1. The van der Waals surface area contributed by atoms with Gasteiger partial charge in [-0.3, -0.25) is 33.7 Å². The summed E-state index contributed by atoms with van der Waals surface area (Å²) in [5, 5.41) is 11.2. The molecule has 53 heavy (non-hydrogen) atoms. The number of carbonyl (C=O) groups is 7. The molecule has 13 heteroatoms. The van der Waals surface area contributed by atoms with Gasteiger partial charge in [0.15, 0.2) is 0 Å². The molecule has 1 saturated carbocycles. The van der Waals surface area contributed by atoms with Gasteiger partial charge in [0.05, 0.1) is 29.8 Å². The second kappa shape index (κ2) is 16.2. The first-order valence-electron chi connectivity index (χ1n) is 19.1. The van der Waals surface area contributed by atoms with Crippen molar-refractivity contribution in [1.29, 1.82) is 0 Å². The number of nitrogens with one attached hydrogen (secondary N) is 4. The molecule has 0 aromatic heterocycles. The lowest BCUT2D eigenvalue weighted by Crippen LogP contribution is -2.60. The Labute approximate surface area is 312 Å². The van der Waals surface area contributed by atoms with Crippen molar-refractivity contribution in [2.75, 3.05) is 19.6 Å². The monoisotopic (exact) mass is 732 g/mol. The highest BCUT2D eigenvalue weighted by Crippen LogP contribution is 2.65. The molecule has 2 saturated heterocycles. The van der Waals surface area contributed by atoms with Gasteiger partial charge in [0, 0.05) is 13.1 Å². The molecule has 5 rings (SSSR count). The molecule has 3 heterocycles. The van der Waals surface area contributed by atoms with Gasteiger partial charge >= 0.3 is 6.03 Å². The number of ketones is 1. The van der Waals surface area contributed by atoms with Gasteiger partial charge < -0.3 is 26.2 Å². The summed E-state index contributed by atoms with van der Waals surface area (Å²) in [5.74, 6) is -3.30. The van der Waals surface area contributed by atoms with Crippen molar-refractivity contribution in [1.82, 2.24) is 31.1 Å². The van der Waals surface area contributed by atoms with E-state index in [1.807, 2.05) is 20.8 Å². The average molecular weight is 733 g/mol. The Hall–Kier alpha value is -4.55. The highest BCUT2D eigenvalue weighted by Gasteiger charge is 2.69. The van der Waals surface area contributed by atoms with E-state index in [2.05, 4.69) is 41.7 Å². The third kappa shape index (κ3) is 8.65. The summed E-state index contributed by atoms with van der Waals surface area (Å²) in [7, 11) is 0. The number of fused-ring (bicyclic) bond motifs is 4. The first kappa shape index (κ1) is 39.7. The first-order valence-corrected chi connectivity index (χ1v) is 19.1. The van der Waals surface area contributed by atoms with E-state index < -0.39 is 65.0 Å². The van der Waals surface area contributed by atoms with E-state index in [-0.39, 0.29) is 36.2 Å². The molecular weight excluding hydrogens is 676 g/mol. The quantitative estimate of drug-likeness (QED) is 0.179. The molecule has 4 N–H and O–H groups in total. The number of hydrogen-bond acceptors (Lipinski definition) is 7. The Morgan fingerprint density at radius 3 is 2.11 bits per heavy atom. The standard InChI is InChI=1S/C40H56N6O7/c1-7-21-41-34(49)32(47)27-19-13-11-9-8-10-12-14-20-28(37(52)45-22-26-30(40(26,5)6)31(45)33(48)42-27)43-38(53)44-29(39(2,3)4)23-46-35(50)24-17-15-16-18-25(24)36(46)51/h7,15-18,26-31H,1,8-14,19-23H2,2-6H3,(H,41,49)(H,42,48)(H2,43,44,53)/t26-,27+,28+,29+,30-,31-/m0/s1. The summed E-state index contributed by atoms with van der Waals surface area (Å²) in [6.07, 6.45) is 8.02. The molecule has 0 spiro atoms. The minimum atomic E-state index is -1.03. The summed E-state index contributed by atoms with van der Waals surface area (Å²) in [5.41, 5.74) is -0.129. The van der Waals surface area contributed by atoms with E-state index in [1.54, 1.807) is 29.2 Å². The number of urea groups is 1. The van der Waals surface area contributed by atoms with E-state index in [0.29, 0.717) is 43.4 Å². The molecule has 3 fully saturated rings. The van der Waals surface area contributed by atoms with Crippen LogP contribution in [-0.2, 0) is 19.2 Å². The average Bonchev–Trinajstić information content (AvgIpc) is 3.35. The maximum absolute atomic E-state index is 14.5. The minimum absolute atomic E-state index is 0.0554. The normalized spacial score (nSPS) is 26.8. The summed E-state index contributed by atoms with van der Waals surface area (Å²) < 4.78 is 0. The Morgan fingerprint density at radius 1 is 0.943 bits per heavy atom. The van der Waals surface area contributed by atoms with Crippen LogP contribution in [0.4, 0.5) is 4.79 Å². The molecule has 7 amide bonds. The van der Waals surface area contributed by atoms with Crippen LogP contribution >= 0.6 is 0 Å². The van der Waals surface area contributed by atoms with Crippen molar-refractivity contribution >= 4 is 41.4 Å². The van der Waals surface area contributed by atoms with Crippen LogP contribution in [0.25, 0.3) is 0 Å². The van der Waals surface area contributed by atoms with Gasteiger partial charge in [-0.05, 0) is 47.6 Å². The molecule has 0 unspecified atom stereocenters. The summed E-state index contributed by atoms with van der Waals surface area (Å²) in [4.78, 5) is 97.4. The van der Waals surface area contributed by atoms with E-state index in [9.17, 15) is 33.6 Å². The second-order valence-corrected chi connectivity index (χ2v) is 16.7. The van der Waals surface area contributed by atoms with Gasteiger partial charge in [-0.2, -0.15) is 0 Å². The lowest BCUT2D eigenvalue weighted by Gasteiger charge is -2.36. The van der Waals surface area contributed by atoms with Crippen molar-refractivity contribution in [2.24, 2.45) is 22.7 Å². The Kier molecular flexibility index (Phi) is 12.1. The molecule has 3 aliphatic heterocycles. The Bertz CT molecular complexity index is 1600. The van der Waals surface area contributed by atoms with Crippen LogP contribution in [0.3, 0.4) is 0 Å². The van der Waals surface area contributed by atoms with Gasteiger partial charge in [0.2, 0.25) is 17.6 Å². The van der Waals surface area contributed by atoms with Crippen LogP contribution in [-0.4, -0.2) is 95.0 Å². The smallest absolute Gasteiger partial charge is 0.315 e. The van der Waals surface area contributed by atoms with Crippen molar-refractivity contribution < 1.29 is 33.6 Å². The second-order valence-electron chi connectivity index (χ2n) is 16.7. The SMILES string of the molecule is C=CCNC(=O)C(=O)[C@H]1CCCCCCCCC[C@@H](NC(=O)N[C@H](CN2C(=O)c3ccccc3C2=O)C(C)(C)C)C(=O)N2C[C@H]3[C@@H]([C@H]2C(=O)N1)C3(C)C. The number of rotatable bonds is 8. The van der Waals surface area contributed by atoms with Crippen molar-refractivity contribution in [3.05, 3.63) is 48.0 Å². The molecule has 0 bridgehead atoms. The number of Topliss-reactive ketones (excluding diaryl/α,β-unsaturated/α-hetero) is 1. The van der Waals surface area contributed by atoms with E-state index in [1.165, 1.54) is 6.08 Å². The molecule has 4 aliphatic rings. The first-order chi connectivity index (χ1) is 25.1. The zero-order valence-corrected chi connectivity index (χ0v) is 31.8. The molecular formula is C40H56N6O7. The lowest BCUT2D eigenvalue weighted by molar-refractivity contribution is -0.144. The van der Waals surface area contributed by atoms with Crippen molar-refractivity contribution in [3.63, 3.8) is 0 Å². The van der Waals surface area contributed by atoms with Crippen molar-refractivity contribution in [3.8, 4) is 0 Å². The van der Waals surface area contributed by atoms with Gasteiger partial charge in [0.25, 0.3) is 17.7 Å². The summed E-state index contributed by atoms with van der Waals surface area (Å²) in [6.45, 7) is 13.8. The van der Waals surface area contributed by atoms with E-state index in [0.717, 1.165) is 37.0 Å². The summed E-state index contributed by atoms with van der Waals surface area (Å²) >= 11 is 0. The molecule has 6 atom stereocenters. The number of amides is 7. The molecule has 0 radical (unpaired) electrons. The largest absolute Gasteiger partial charge is 0.346 e. The minimum Gasteiger partial charge on any atom is -0.346 e. The Morgan fingerprint density at radius 2 is 1.53 bits per heavy atom. The predicted octanol–water partition coefficient (Wildman–Crippen LogP) is 3.73. The number of imide groups is 1. The van der Waals surface area contributed by atoms with Gasteiger partial charge in [0.1, 0.15) is 12.1 Å². The third-order valence-electron chi connectivity index (χ3n) is 11.7. The molecule has 1 aromatic rings. The fraction of sp³-hybridized carbons (Fsp3) is 0.625. The number of carbonyl (C=O) groups excluding carboxylic acids is 7. The number of benzene rings is 1. The number of nitrogens with zero attached hydrogens (tertiary/aromatic N) is 2. The fourth-order valence-corrected chi connectivity index (χ4v) is 8.27. The number of hydrogen-bond donors (Lipinski definition) is 4. The van der Waals surface area contributed by atoms with Crippen LogP contribution in [0.1, 0.15) is 113 Å². The fourth-order valence-electron chi connectivity index (χ4n) is 8.27. The van der Waals surface area contributed by atoms with E-state index in [4.69, 9.17) is 0 Å². The van der Waals surface area contributed by atoms with Crippen LogP contribution in [0.15, 0.2) is 36.9 Å². The topological polar surface area (TPSA) is 174 Å². The Balaban J connectivity index is 1.35. The molecule has 1 aromatic carbocycles. The molecule has 13 nitrogen and oxygen atoms in total. The van der Waals surface area contributed by atoms with Gasteiger partial charge in [-0.25, -0.2) is 4.79 Å². The molecule has 1 aliphatic carbocycles. The maximum atomic E-state index is 14.5. The van der Waals surface area contributed by atoms with Crippen LogP contribution < -0.4 is 21.3 Å². The van der Waals surface area contributed by atoms with Crippen molar-refractivity contribution in [2.45, 2.75) is 117 Å². The zero-order chi connectivity index (χ0) is 38.7. The lowest BCUT2D eigenvalue weighted by atomic mass is 9.86. The van der Waals surface area contributed by atoms with Gasteiger partial charge in [-0.15, -0.1) is 6.58 Å². The highest BCUT2D eigenvalue weighted by atomic mass is 16.2. The van der Waals surface area contributed by atoms with E-state index >= 15 is 0 Å². The highest BCUT2D eigenvalue weighted by molar-refractivity contribution is 6.38. The molecule has 288 valence electrons. The predicted molar refractivity (Wildman–Crippen MR) is 198 cm³/mol. The van der Waals surface area contributed by atoms with Crippen LogP contribution in [0.5, 0.6) is 0 Å². The zero-order valence-electron chi connectivity index (χ0n) is 31.8. The third-order valence-corrected chi connectivity index (χ3v) is 11.7. The maximum Gasteiger partial charge on any atom is 0.315 e.